The smallest absolute Gasteiger partial charge is 0.238 e. The minimum atomic E-state index is -3.67. The molecule has 2 aromatic rings. The van der Waals surface area contributed by atoms with Crippen molar-refractivity contribution in [1.82, 2.24) is 9.80 Å². The van der Waals surface area contributed by atoms with Crippen molar-refractivity contribution in [3.63, 3.8) is 0 Å². The summed E-state index contributed by atoms with van der Waals surface area (Å²) in [6.07, 6.45) is 0. The molecule has 27 heavy (non-hydrogen) atoms. The van der Waals surface area contributed by atoms with E-state index >= 15 is 0 Å². The van der Waals surface area contributed by atoms with Crippen LogP contribution in [0.3, 0.4) is 0 Å². The van der Waals surface area contributed by atoms with Crippen molar-refractivity contribution in [2.45, 2.75) is 11.4 Å². The summed E-state index contributed by atoms with van der Waals surface area (Å²) >= 11 is 11.7. The second-order valence-corrected chi connectivity index (χ2v) is 9.36. The van der Waals surface area contributed by atoms with Crippen LogP contribution >= 0.6 is 23.2 Å². The molecule has 0 aliphatic carbocycles. The second kappa shape index (κ2) is 8.61. The number of hydrogen-bond acceptors (Lipinski definition) is 4. The summed E-state index contributed by atoms with van der Waals surface area (Å²) in [5.41, 5.74) is 1.16. The molecule has 0 aromatic heterocycles. The third-order valence-corrected chi connectivity index (χ3v) is 6.65. The lowest BCUT2D eigenvalue weighted by molar-refractivity contribution is -0.130. The Labute approximate surface area is 169 Å². The molecule has 1 fully saturated rings. The first-order valence-corrected chi connectivity index (χ1v) is 11.0. The number of halogens is 2. The molecule has 1 aliphatic heterocycles. The minimum absolute atomic E-state index is 0.113. The molecule has 0 atom stereocenters. The zero-order chi connectivity index (χ0) is 19.4. The number of piperazine rings is 1. The lowest BCUT2D eigenvalue weighted by Gasteiger charge is -2.34. The van der Waals surface area contributed by atoms with Gasteiger partial charge in [0.25, 0.3) is 0 Å². The molecule has 3 rings (SSSR count). The number of rotatable bonds is 5. The van der Waals surface area contributed by atoms with E-state index in [4.69, 9.17) is 23.2 Å². The van der Waals surface area contributed by atoms with E-state index in [0.717, 1.165) is 12.1 Å². The number of sulfone groups is 1. The SMILES string of the molecule is O=C(CS(=O)(=O)c1ccc(Cl)cc1)N1CCN(Cc2ccc(Cl)cc2)CC1. The number of nitrogens with zero attached hydrogens (tertiary/aromatic N) is 2. The fourth-order valence-electron chi connectivity index (χ4n) is 2.98. The third kappa shape index (κ3) is 5.45. The van der Waals surface area contributed by atoms with Gasteiger partial charge in [0.2, 0.25) is 5.91 Å². The van der Waals surface area contributed by atoms with E-state index in [-0.39, 0.29) is 10.8 Å². The summed E-state index contributed by atoms with van der Waals surface area (Å²) in [5, 5.41) is 1.16. The number of amides is 1. The maximum absolute atomic E-state index is 12.4. The van der Waals surface area contributed by atoms with Crippen LogP contribution in [0.4, 0.5) is 0 Å². The van der Waals surface area contributed by atoms with Gasteiger partial charge < -0.3 is 4.90 Å². The number of hydrogen-bond donors (Lipinski definition) is 0. The van der Waals surface area contributed by atoms with Crippen LogP contribution in [0.25, 0.3) is 0 Å². The molecule has 0 radical (unpaired) electrons. The molecule has 1 heterocycles. The van der Waals surface area contributed by atoms with Crippen LogP contribution in [0.15, 0.2) is 53.4 Å². The van der Waals surface area contributed by atoms with Crippen LogP contribution in [0.1, 0.15) is 5.56 Å². The van der Waals surface area contributed by atoms with Crippen molar-refractivity contribution in [3.8, 4) is 0 Å². The van der Waals surface area contributed by atoms with Gasteiger partial charge in [-0.15, -0.1) is 0 Å². The monoisotopic (exact) mass is 426 g/mol. The van der Waals surface area contributed by atoms with E-state index in [1.807, 2.05) is 24.3 Å². The standard InChI is InChI=1S/C19H20Cl2N2O3S/c20-16-3-1-15(2-4-16)13-22-9-11-23(12-10-22)19(24)14-27(25,26)18-7-5-17(21)6-8-18/h1-8H,9-14H2. The van der Waals surface area contributed by atoms with Crippen molar-refractivity contribution < 1.29 is 13.2 Å². The van der Waals surface area contributed by atoms with Gasteiger partial charge in [-0.1, -0.05) is 35.3 Å². The van der Waals surface area contributed by atoms with Gasteiger partial charge >= 0.3 is 0 Å². The molecule has 1 saturated heterocycles. The maximum atomic E-state index is 12.4. The zero-order valence-corrected chi connectivity index (χ0v) is 17.0. The Kier molecular flexibility index (Phi) is 6.42. The molecule has 144 valence electrons. The van der Waals surface area contributed by atoms with Gasteiger partial charge in [-0.3, -0.25) is 9.69 Å². The quantitative estimate of drug-likeness (QED) is 0.736. The van der Waals surface area contributed by atoms with Crippen molar-refractivity contribution >= 4 is 38.9 Å². The summed E-state index contributed by atoms with van der Waals surface area (Å²) < 4.78 is 24.8. The molecule has 1 amide bonds. The molecule has 2 aromatic carbocycles. The summed E-state index contributed by atoms with van der Waals surface area (Å²) in [4.78, 5) is 16.4. The van der Waals surface area contributed by atoms with Gasteiger partial charge in [0.05, 0.1) is 4.90 Å². The van der Waals surface area contributed by atoms with Crippen LogP contribution in [-0.4, -0.2) is 56.1 Å². The average molecular weight is 427 g/mol. The summed E-state index contributed by atoms with van der Waals surface area (Å²) in [5.74, 6) is -0.887. The van der Waals surface area contributed by atoms with E-state index in [9.17, 15) is 13.2 Å². The van der Waals surface area contributed by atoms with Crippen molar-refractivity contribution in [2.75, 3.05) is 31.9 Å². The molecule has 5 nitrogen and oxygen atoms in total. The van der Waals surface area contributed by atoms with Crippen molar-refractivity contribution in [2.24, 2.45) is 0 Å². The maximum Gasteiger partial charge on any atom is 0.238 e. The first-order valence-electron chi connectivity index (χ1n) is 8.56. The Morgan fingerprint density at radius 2 is 1.37 bits per heavy atom. The first-order chi connectivity index (χ1) is 12.8. The van der Waals surface area contributed by atoms with Crippen LogP contribution in [-0.2, 0) is 21.2 Å². The number of benzene rings is 2. The van der Waals surface area contributed by atoms with Crippen LogP contribution in [0.2, 0.25) is 10.0 Å². The van der Waals surface area contributed by atoms with E-state index in [0.29, 0.717) is 36.2 Å². The number of carbonyl (C=O) groups is 1. The summed E-state index contributed by atoms with van der Waals surface area (Å²) in [6, 6.07) is 13.6. The molecule has 0 spiro atoms. The summed E-state index contributed by atoms with van der Waals surface area (Å²) in [7, 11) is -3.67. The van der Waals surface area contributed by atoms with E-state index in [1.165, 1.54) is 24.3 Å². The normalized spacial score (nSPS) is 15.7. The lowest BCUT2D eigenvalue weighted by atomic mass is 10.2. The Hall–Kier alpha value is -1.60. The van der Waals surface area contributed by atoms with Gasteiger partial charge in [0, 0.05) is 42.8 Å². The highest BCUT2D eigenvalue weighted by atomic mass is 35.5. The average Bonchev–Trinajstić information content (AvgIpc) is 2.64. The van der Waals surface area contributed by atoms with Crippen LogP contribution < -0.4 is 0 Å². The van der Waals surface area contributed by atoms with Gasteiger partial charge in [0.1, 0.15) is 5.75 Å². The predicted octanol–water partition coefficient (Wildman–Crippen LogP) is 3.11. The lowest BCUT2D eigenvalue weighted by Crippen LogP contribution is -2.49. The highest BCUT2D eigenvalue weighted by Gasteiger charge is 2.26. The largest absolute Gasteiger partial charge is 0.339 e. The van der Waals surface area contributed by atoms with Crippen molar-refractivity contribution in [1.29, 1.82) is 0 Å². The minimum Gasteiger partial charge on any atom is -0.339 e. The fraction of sp³-hybridized carbons (Fsp3) is 0.316. The van der Waals surface area contributed by atoms with Gasteiger partial charge in [-0.2, -0.15) is 0 Å². The molecular weight excluding hydrogens is 407 g/mol. The topological polar surface area (TPSA) is 57.7 Å². The van der Waals surface area contributed by atoms with Gasteiger partial charge in [-0.05, 0) is 42.0 Å². The Balaban J connectivity index is 1.53. The third-order valence-electron chi connectivity index (χ3n) is 4.53. The van der Waals surface area contributed by atoms with Crippen molar-refractivity contribution in [3.05, 3.63) is 64.1 Å². The molecule has 8 heteroatoms. The Morgan fingerprint density at radius 1 is 0.852 bits per heavy atom. The Morgan fingerprint density at radius 3 is 1.93 bits per heavy atom. The van der Waals surface area contributed by atoms with Gasteiger partial charge in [0.15, 0.2) is 9.84 Å². The molecule has 0 bridgehead atoms. The highest BCUT2D eigenvalue weighted by molar-refractivity contribution is 7.92. The van der Waals surface area contributed by atoms with E-state index in [2.05, 4.69) is 4.90 Å². The first kappa shape index (κ1) is 20.1. The van der Waals surface area contributed by atoms with Gasteiger partial charge in [-0.25, -0.2) is 8.42 Å². The zero-order valence-electron chi connectivity index (χ0n) is 14.6. The number of carbonyl (C=O) groups excluding carboxylic acids is 1. The van der Waals surface area contributed by atoms with E-state index < -0.39 is 15.6 Å². The van der Waals surface area contributed by atoms with Crippen LogP contribution in [0.5, 0.6) is 0 Å². The molecule has 1 aliphatic rings. The highest BCUT2D eigenvalue weighted by Crippen LogP contribution is 2.17. The second-order valence-electron chi connectivity index (χ2n) is 6.50. The predicted molar refractivity (Wildman–Crippen MR) is 107 cm³/mol. The molecule has 0 N–H and O–H groups in total. The molecular formula is C19H20Cl2N2O3S. The molecule has 0 saturated carbocycles. The van der Waals surface area contributed by atoms with E-state index in [1.54, 1.807) is 4.90 Å². The fourth-order valence-corrected chi connectivity index (χ4v) is 4.46. The Bertz CT molecular complexity index is 892. The summed E-state index contributed by atoms with van der Waals surface area (Å²) in [6.45, 7) is 3.22. The van der Waals surface area contributed by atoms with Crippen LogP contribution in [0, 0.1) is 0 Å². The molecule has 0 unspecified atom stereocenters.